The van der Waals surface area contributed by atoms with Crippen LogP contribution in [-0.4, -0.2) is 5.11 Å². The monoisotopic (exact) mass is 277 g/mol. The number of hydrogen-bond donors (Lipinski definition) is 2. The second-order valence-corrected chi connectivity index (χ2v) is 4.63. The molecule has 82 valence electrons. The minimum atomic E-state index is -1.05. The van der Waals surface area contributed by atoms with Crippen LogP contribution in [0.3, 0.4) is 0 Å². The quantitative estimate of drug-likeness (QED) is 0.817. The van der Waals surface area contributed by atoms with Crippen molar-refractivity contribution in [3.8, 4) is 5.75 Å². The van der Waals surface area contributed by atoms with Crippen molar-refractivity contribution in [3.05, 3.63) is 27.7 Å². The first-order chi connectivity index (χ1) is 7.02. The lowest BCUT2D eigenvalue weighted by Gasteiger charge is -2.15. The van der Waals surface area contributed by atoms with Crippen LogP contribution in [-0.2, 0) is 0 Å². The van der Waals surface area contributed by atoms with Gasteiger partial charge in [-0.05, 0) is 40.8 Å². The van der Waals surface area contributed by atoms with E-state index < -0.39 is 17.7 Å². The number of phenols is 1. The molecule has 0 amide bonds. The molecule has 2 rings (SSSR count). The number of halogens is 3. The van der Waals surface area contributed by atoms with Gasteiger partial charge in [-0.2, -0.15) is 0 Å². The van der Waals surface area contributed by atoms with E-state index in [1.54, 1.807) is 0 Å². The summed E-state index contributed by atoms with van der Waals surface area (Å²) in [7, 11) is 0. The second kappa shape index (κ2) is 3.72. The number of aromatic hydroxyl groups is 1. The summed E-state index contributed by atoms with van der Waals surface area (Å²) >= 11 is 2.96. The maximum absolute atomic E-state index is 13.4. The molecule has 1 atom stereocenters. The van der Waals surface area contributed by atoms with E-state index >= 15 is 0 Å². The van der Waals surface area contributed by atoms with Crippen molar-refractivity contribution in [1.29, 1.82) is 0 Å². The minimum absolute atomic E-state index is 0.121. The Morgan fingerprint density at radius 1 is 1.47 bits per heavy atom. The summed E-state index contributed by atoms with van der Waals surface area (Å²) in [6.45, 7) is 0. The average molecular weight is 278 g/mol. The molecule has 1 aliphatic carbocycles. The Balaban J connectivity index is 2.52. The fraction of sp³-hybridized carbons (Fsp3) is 0.400. The van der Waals surface area contributed by atoms with Gasteiger partial charge in [-0.15, -0.1) is 0 Å². The van der Waals surface area contributed by atoms with Crippen molar-refractivity contribution in [1.82, 2.24) is 0 Å². The zero-order chi connectivity index (χ0) is 11.2. The largest absolute Gasteiger partial charge is 0.506 e. The molecule has 0 radical (unpaired) electrons. The molecule has 1 aliphatic rings. The van der Waals surface area contributed by atoms with Crippen molar-refractivity contribution in [2.24, 2.45) is 11.7 Å². The van der Waals surface area contributed by atoms with Gasteiger partial charge in [0.05, 0.1) is 10.0 Å². The van der Waals surface area contributed by atoms with Gasteiger partial charge in [0, 0.05) is 6.04 Å². The van der Waals surface area contributed by atoms with Crippen molar-refractivity contribution in [2.45, 2.75) is 18.9 Å². The highest BCUT2D eigenvalue weighted by atomic mass is 79.9. The normalized spacial score (nSPS) is 17.9. The number of phenolic OH excluding ortho intramolecular Hbond substituents is 1. The molecule has 0 bridgehead atoms. The van der Waals surface area contributed by atoms with E-state index in [-0.39, 0.29) is 21.7 Å². The first-order valence-corrected chi connectivity index (χ1v) is 5.43. The lowest BCUT2D eigenvalue weighted by atomic mass is 10.0. The molecule has 1 fully saturated rings. The van der Waals surface area contributed by atoms with Crippen LogP contribution < -0.4 is 5.73 Å². The van der Waals surface area contributed by atoms with Crippen LogP contribution in [0.25, 0.3) is 0 Å². The molecule has 15 heavy (non-hydrogen) atoms. The van der Waals surface area contributed by atoms with Gasteiger partial charge in [0.25, 0.3) is 0 Å². The highest BCUT2D eigenvalue weighted by Crippen LogP contribution is 2.45. The fourth-order valence-electron chi connectivity index (χ4n) is 1.60. The van der Waals surface area contributed by atoms with E-state index in [1.807, 2.05) is 0 Å². The molecule has 0 spiro atoms. The Hall–Kier alpha value is -0.680. The van der Waals surface area contributed by atoms with E-state index in [1.165, 1.54) is 0 Å². The van der Waals surface area contributed by atoms with Gasteiger partial charge >= 0.3 is 0 Å². The Bertz CT molecular complexity index is 381. The highest BCUT2D eigenvalue weighted by molar-refractivity contribution is 9.10. The van der Waals surface area contributed by atoms with Crippen LogP contribution in [0.15, 0.2) is 10.5 Å². The lowest BCUT2D eigenvalue weighted by molar-refractivity contribution is 0.420. The van der Waals surface area contributed by atoms with Crippen LogP contribution in [0, 0.1) is 17.6 Å². The van der Waals surface area contributed by atoms with Crippen molar-refractivity contribution >= 4 is 15.9 Å². The highest BCUT2D eigenvalue weighted by Gasteiger charge is 2.34. The molecule has 1 aromatic rings. The van der Waals surface area contributed by atoms with Crippen LogP contribution in [0.4, 0.5) is 8.78 Å². The zero-order valence-corrected chi connectivity index (χ0v) is 9.39. The summed E-state index contributed by atoms with van der Waals surface area (Å²) in [4.78, 5) is 0. The molecule has 0 heterocycles. The summed E-state index contributed by atoms with van der Waals surface area (Å²) in [5.74, 6) is -2.19. The fourth-order valence-corrected chi connectivity index (χ4v) is 2.01. The molecular formula is C10H10BrF2NO. The van der Waals surface area contributed by atoms with Gasteiger partial charge in [-0.3, -0.25) is 0 Å². The van der Waals surface area contributed by atoms with Crippen molar-refractivity contribution in [2.75, 3.05) is 0 Å². The molecule has 1 aromatic carbocycles. The molecule has 0 aliphatic heterocycles. The maximum atomic E-state index is 13.4. The summed E-state index contributed by atoms with van der Waals surface area (Å²) in [5.41, 5.74) is 5.63. The van der Waals surface area contributed by atoms with Crippen LogP contribution >= 0.6 is 15.9 Å². The van der Waals surface area contributed by atoms with E-state index in [0.717, 1.165) is 18.9 Å². The predicted molar refractivity (Wildman–Crippen MR) is 55.4 cm³/mol. The number of benzene rings is 1. The summed E-state index contributed by atoms with van der Waals surface area (Å²) in [6.07, 6.45) is 1.79. The van der Waals surface area contributed by atoms with E-state index in [4.69, 9.17) is 5.73 Å². The smallest absolute Gasteiger partial charge is 0.167 e. The van der Waals surface area contributed by atoms with Crippen LogP contribution in [0.1, 0.15) is 24.4 Å². The molecular weight excluding hydrogens is 268 g/mol. The lowest BCUT2D eigenvalue weighted by Crippen LogP contribution is -2.15. The summed E-state index contributed by atoms with van der Waals surface area (Å²) < 4.78 is 26.7. The average Bonchev–Trinajstić information content (AvgIpc) is 2.98. The maximum Gasteiger partial charge on any atom is 0.167 e. The van der Waals surface area contributed by atoms with E-state index in [9.17, 15) is 13.9 Å². The molecule has 3 N–H and O–H groups in total. The Morgan fingerprint density at radius 2 is 2.07 bits per heavy atom. The standard InChI is InChI=1S/C10H10BrF2NO/c11-5-3-6(12)8(13)7(10(5)15)9(14)4-1-2-4/h3-4,9,15H,1-2,14H2/t9-/m0/s1. The second-order valence-electron chi connectivity index (χ2n) is 3.78. The molecule has 2 nitrogen and oxygen atoms in total. The van der Waals surface area contributed by atoms with Gasteiger partial charge in [0.15, 0.2) is 11.6 Å². The third-order valence-electron chi connectivity index (χ3n) is 2.64. The first-order valence-electron chi connectivity index (χ1n) is 4.64. The SMILES string of the molecule is N[C@H](c1c(O)c(Br)cc(F)c1F)C1CC1. The molecule has 0 saturated heterocycles. The Morgan fingerprint density at radius 3 is 2.60 bits per heavy atom. The minimum Gasteiger partial charge on any atom is -0.506 e. The third kappa shape index (κ3) is 1.86. The number of nitrogens with two attached hydrogens (primary N) is 1. The predicted octanol–water partition coefficient (Wildman–Crippen LogP) is 2.84. The van der Waals surface area contributed by atoms with E-state index in [2.05, 4.69) is 15.9 Å². The van der Waals surface area contributed by atoms with Crippen molar-refractivity contribution in [3.63, 3.8) is 0 Å². The zero-order valence-electron chi connectivity index (χ0n) is 7.80. The van der Waals surface area contributed by atoms with Gasteiger partial charge in [0.1, 0.15) is 5.75 Å². The topological polar surface area (TPSA) is 46.2 Å². The first kappa shape index (κ1) is 10.8. The Kier molecular flexibility index (Phi) is 2.68. The molecule has 1 saturated carbocycles. The Labute approximate surface area is 94.2 Å². The third-order valence-corrected chi connectivity index (χ3v) is 3.25. The van der Waals surface area contributed by atoms with Gasteiger partial charge in [-0.1, -0.05) is 0 Å². The van der Waals surface area contributed by atoms with Gasteiger partial charge < -0.3 is 10.8 Å². The number of rotatable bonds is 2. The summed E-state index contributed by atoms with van der Waals surface area (Å²) in [6, 6.07) is 0.269. The van der Waals surface area contributed by atoms with Crippen LogP contribution in [0.2, 0.25) is 0 Å². The van der Waals surface area contributed by atoms with Crippen LogP contribution in [0.5, 0.6) is 5.75 Å². The van der Waals surface area contributed by atoms with Gasteiger partial charge in [0.2, 0.25) is 0 Å². The molecule has 0 unspecified atom stereocenters. The molecule has 5 heteroatoms. The number of hydrogen-bond acceptors (Lipinski definition) is 2. The van der Waals surface area contributed by atoms with E-state index in [0.29, 0.717) is 0 Å². The van der Waals surface area contributed by atoms with Gasteiger partial charge in [-0.25, -0.2) is 8.78 Å². The molecule has 0 aromatic heterocycles. The summed E-state index contributed by atoms with van der Waals surface area (Å²) in [5, 5.41) is 9.62. The van der Waals surface area contributed by atoms with Crippen molar-refractivity contribution < 1.29 is 13.9 Å².